The quantitative estimate of drug-likeness (QED) is 0.725. The summed E-state index contributed by atoms with van der Waals surface area (Å²) in [5.74, 6) is 0.908. The summed E-state index contributed by atoms with van der Waals surface area (Å²) in [6, 6.07) is 8.32. The van der Waals surface area contributed by atoms with Gasteiger partial charge in [0.25, 0.3) is 0 Å². The molecule has 0 aliphatic rings. The minimum atomic E-state index is 0. The zero-order chi connectivity index (χ0) is 11.8. The predicted octanol–water partition coefficient (Wildman–Crippen LogP) is 3.66. The third-order valence-electron chi connectivity index (χ3n) is 2.92. The summed E-state index contributed by atoms with van der Waals surface area (Å²) in [4.78, 5) is 12.0. The molecule has 3 nitrogen and oxygen atoms in total. The number of hydrogen-bond donors (Lipinski definition) is 1. The zero-order valence-corrected chi connectivity index (χ0v) is 11.1. The number of aromatic nitrogens is 3. The van der Waals surface area contributed by atoms with Crippen molar-refractivity contribution in [2.75, 3.05) is 0 Å². The van der Waals surface area contributed by atoms with Crippen LogP contribution in [0.15, 0.2) is 36.7 Å². The molecule has 0 fully saturated rings. The fourth-order valence-corrected chi connectivity index (χ4v) is 2.06. The first kappa shape index (κ1) is 12.6. The normalized spacial score (nSPS) is 10.3. The summed E-state index contributed by atoms with van der Waals surface area (Å²) >= 11 is 0. The lowest BCUT2D eigenvalue weighted by Gasteiger charge is -2.03. The van der Waals surface area contributed by atoms with E-state index >= 15 is 0 Å². The smallest absolute Gasteiger partial charge is 0.138 e. The van der Waals surface area contributed by atoms with Crippen molar-refractivity contribution in [2.45, 2.75) is 13.8 Å². The highest BCUT2D eigenvalue weighted by Crippen LogP contribution is 2.23. The molecule has 2 aromatic heterocycles. The molecule has 0 bridgehead atoms. The molecule has 0 atom stereocenters. The molecule has 18 heavy (non-hydrogen) atoms. The second kappa shape index (κ2) is 4.78. The fraction of sp³-hybridized carbons (Fsp3) is 0.143. The second-order valence-electron chi connectivity index (χ2n) is 4.30. The highest BCUT2D eigenvalue weighted by Gasteiger charge is 2.07. The highest BCUT2D eigenvalue weighted by atomic mass is 35.5. The lowest BCUT2D eigenvalue weighted by atomic mass is 10.1. The maximum Gasteiger partial charge on any atom is 0.138 e. The Morgan fingerprint density at radius 3 is 2.67 bits per heavy atom. The van der Waals surface area contributed by atoms with Gasteiger partial charge in [0.15, 0.2) is 0 Å². The second-order valence-corrected chi connectivity index (χ2v) is 4.30. The standard InChI is InChI=1S/C14H13N3.ClH/c1-9-3-4-11(10(2)7-9)14-16-12-5-6-15-8-13(12)17-14;/h3-8H,1-2H3,(H,16,17);1H. The molecule has 92 valence electrons. The molecule has 0 aliphatic heterocycles. The van der Waals surface area contributed by atoms with E-state index in [1.165, 1.54) is 11.1 Å². The fourth-order valence-electron chi connectivity index (χ4n) is 2.06. The Morgan fingerprint density at radius 1 is 1.11 bits per heavy atom. The van der Waals surface area contributed by atoms with Crippen molar-refractivity contribution in [2.24, 2.45) is 0 Å². The van der Waals surface area contributed by atoms with E-state index in [0.29, 0.717) is 0 Å². The van der Waals surface area contributed by atoms with Crippen molar-refractivity contribution in [3.63, 3.8) is 0 Å². The number of pyridine rings is 1. The summed E-state index contributed by atoms with van der Waals surface area (Å²) < 4.78 is 0. The molecule has 3 aromatic rings. The van der Waals surface area contributed by atoms with Gasteiger partial charge in [-0.15, -0.1) is 12.4 Å². The molecule has 3 rings (SSSR count). The van der Waals surface area contributed by atoms with Crippen molar-refractivity contribution in [1.82, 2.24) is 15.0 Å². The molecule has 0 unspecified atom stereocenters. The van der Waals surface area contributed by atoms with Crippen molar-refractivity contribution in [3.8, 4) is 11.4 Å². The van der Waals surface area contributed by atoms with Gasteiger partial charge >= 0.3 is 0 Å². The molecule has 0 radical (unpaired) electrons. The van der Waals surface area contributed by atoms with Crippen LogP contribution in [0.25, 0.3) is 22.4 Å². The van der Waals surface area contributed by atoms with Crippen molar-refractivity contribution >= 4 is 23.4 Å². The molecular weight excluding hydrogens is 246 g/mol. The molecule has 0 aliphatic carbocycles. The number of benzene rings is 1. The first-order valence-corrected chi connectivity index (χ1v) is 5.61. The molecule has 0 saturated heterocycles. The molecule has 1 aromatic carbocycles. The molecule has 4 heteroatoms. The van der Waals surface area contributed by atoms with Gasteiger partial charge in [-0.2, -0.15) is 0 Å². The minimum Gasteiger partial charge on any atom is -0.338 e. The van der Waals surface area contributed by atoms with E-state index in [9.17, 15) is 0 Å². The number of halogens is 1. The molecule has 0 saturated carbocycles. The molecule has 0 amide bonds. The van der Waals surface area contributed by atoms with Crippen LogP contribution < -0.4 is 0 Å². The highest BCUT2D eigenvalue weighted by molar-refractivity contribution is 5.85. The van der Waals surface area contributed by atoms with Crippen LogP contribution in [-0.2, 0) is 0 Å². The Labute approximate surface area is 112 Å². The number of H-pyrrole nitrogens is 1. The maximum absolute atomic E-state index is 4.56. The van der Waals surface area contributed by atoms with Crippen LogP contribution in [0.4, 0.5) is 0 Å². The number of hydrogen-bond acceptors (Lipinski definition) is 2. The number of nitrogens with zero attached hydrogens (tertiary/aromatic N) is 2. The Bertz CT molecular complexity index is 655. The van der Waals surface area contributed by atoms with Gasteiger partial charge in [0, 0.05) is 11.8 Å². The van der Waals surface area contributed by atoms with Crippen LogP contribution in [0.2, 0.25) is 0 Å². The van der Waals surface area contributed by atoms with Gasteiger partial charge in [-0.1, -0.05) is 23.8 Å². The van der Waals surface area contributed by atoms with Gasteiger partial charge in [0.05, 0.1) is 11.7 Å². The lowest BCUT2D eigenvalue weighted by Crippen LogP contribution is -1.86. The number of fused-ring (bicyclic) bond motifs is 1. The number of rotatable bonds is 1. The van der Waals surface area contributed by atoms with E-state index in [1.807, 2.05) is 6.07 Å². The summed E-state index contributed by atoms with van der Waals surface area (Å²) in [6.07, 6.45) is 3.55. The van der Waals surface area contributed by atoms with E-state index < -0.39 is 0 Å². The SMILES string of the molecule is Cc1ccc(-c2nc3cnccc3[nH]2)c(C)c1.Cl. The van der Waals surface area contributed by atoms with Gasteiger partial charge in [0.1, 0.15) is 11.3 Å². The van der Waals surface area contributed by atoms with Crippen LogP contribution in [0.3, 0.4) is 0 Å². The monoisotopic (exact) mass is 259 g/mol. The van der Waals surface area contributed by atoms with Gasteiger partial charge in [-0.3, -0.25) is 4.98 Å². The molecule has 2 heterocycles. The van der Waals surface area contributed by atoms with Crippen molar-refractivity contribution in [1.29, 1.82) is 0 Å². The lowest BCUT2D eigenvalue weighted by molar-refractivity contribution is 1.29. The van der Waals surface area contributed by atoms with Crippen LogP contribution in [0.1, 0.15) is 11.1 Å². The summed E-state index contributed by atoms with van der Waals surface area (Å²) in [5, 5.41) is 0. The molecule has 0 spiro atoms. The number of nitrogens with one attached hydrogen (secondary N) is 1. The number of imidazole rings is 1. The Hall–Kier alpha value is -1.87. The minimum absolute atomic E-state index is 0. The topological polar surface area (TPSA) is 41.6 Å². The van der Waals surface area contributed by atoms with Gasteiger partial charge < -0.3 is 4.98 Å². The first-order chi connectivity index (χ1) is 8.24. The molecular formula is C14H14ClN3. The van der Waals surface area contributed by atoms with Crippen LogP contribution in [0, 0.1) is 13.8 Å². The van der Waals surface area contributed by atoms with Crippen molar-refractivity contribution < 1.29 is 0 Å². The number of aryl methyl sites for hydroxylation is 2. The summed E-state index contributed by atoms with van der Waals surface area (Å²) in [7, 11) is 0. The van der Waals surface area contributed by atoms with E-state index in [0.717, 1.165) is 22.4 Å². The summed E-state index contributed by atoms with van der Waals surface area (Å²) in [6.45, 7) is 4.20. The largest absolute Gasteiger partial charge is 0.338 e. The predicted molar refractivity (Wildman–Crippen MR) is 76.0 cm³/mol. The average Bonchev–Trinajstić information content (AvgIpc) is 2.72. The van der Waals surface area contributed by atoms with Gasteiger partial charge in [-0.05, 0) is 25.5 Å². The van der Waals surface area contributed by atoms with Crippen molar-refractivity contribution in [3.05, 3.63) is 47.8 Å². The van der Waals surface area contributed by atoms with E-state index in [1.54, 1.807) is 12.4 Å². The molecule has 1 N–H and O–H groups in total. The Balaban J connectivity index is 0.00000120. The maximum atomic E-state index is 4.56. The van der Waals surface area contributed by atoms with E-state index in [4.69, 9.17) is 0 Å². The van der Waals surface area contributed by atoms with Gasteiger partial charge in [0.2, 0.25) is 0 Å². The third kappa shape index (κ3) is 2.09. The van der Waals surface area contributed by atoms with Crippen LogP contribution in [0.5, 0.6) is 0 Å². The van der Waals surface area contributed by atoms with E-state index in [2.05, 4.69) is 47.0 Å². The zero-order valence-electron chi connectivity index (χ0n) is 10.3. The van der Waals surface area contributed by atoms with E-state index in [-0.39, 0.29) is 12.4 Å². The van der Waals surface area contributed by atoms with Crippen LogP contribution >= 0.6 is 12.4 Å². The third-order valence-corrected chi connectivity index (χ3v) is 2.92. The van der Waals surface area contributed by atoms with Gasteiger partial charge in [-0.25, -0.2) is 4.98 Å². The van der Waals surface area contributed by atoms with Crippen LogP contribution in [-0.4, -0.2) is 15.0 Å². The Morgan fingerprint density at radius 2 is 1.94 bits per heavy atom. The summed E-state index contributed by atoms with van der Waals surface area (Å²) in [5.41, 5.74) is 5.57. The Kier molecular flexibility index (Phi) is 3.34. The average molecular weight is 260 g/mol. The first-order valence-electron chi connectivity index (χ1n) is 5.61. The number of aromatic amines is 1.